The van der Waals surface area contributed by atoms with Crippen LogP contribution in [0.3, 0.4) is 0 Å². The maximum atomic E-state index is 12.8. The summed E-state index contributed by atoms with van der Waals surface area (Å²) >= 11 is 6.29. The number of nitrogens with two attached hydrogens (primary N) is 1. The molecule has 3 aromatic carbocycles. The molecule has 0 saturated carbocycles. The molecule has 0 aliphatic carbocycles. The molecule has 7 heteroatoms. The van der Waals surface area contributed by atoms with Crippen LogP contribution in [-0.4, -0.2) is 29.7 Å². The molecule has 0 radical (unpaired) electrons. The number of carbonyl (C=O) groups is 2. The third-order valence-electron chi connectivity index (χ3n) is 5.69. The molecule has 1 atom stereocenters. The van der Waals surface area contributed by atoms with Crippen molar-refractivity contribution in [2.75, 3.05) is 7.05 Å². The fourth-order valence-electron chi connectivity index (χ4n) is 3.80. The Bertz CT molecular complexity index is 1230. The zero-order valence-electron chi connectivity index (χ0n) is 17.8. The lowest BCUT2D eigenvalue weighted by Crippen LogP contribution is -2.38. The van der Waals surface area contributed by atoms with Gasteiger partial charge in [-0.2, -0.15) is 0 Å². The van der Waals surface area contributed by atoms with Gasteiger partial charge in [-0.25, -0.2) is 4.99 Å². The van der Waals surface area contributed by atoms with Crippen molar-refractivity contribution in [2.24, 2.45) is 10.7 Å². The summed E-state index contributed by atoms with van der Waals surface area (Å²) in [4.78, 5) is 31.0. The molecule has 1 heterocycles. The summed E-state index contributed by atoms with van der Waals surface area (Å²) in [6, 6.07) is 22.2. The summed E-state index contributed by atoms with van der Waals surface area (Å²) in [6.07, 6.45) is 0. The van der Waals surface area contributed by atoms with Crippen LogP contribution in [0.4, 0.5) is 0 Å². The number of hydrogen-bond acceptors (Lipinski definition) is 4. The zero-order valence-corrected chi connectivity index (χ0v) is 18.6. The molecule has 32 heavy (non-hydrogen) atoms. The number of rotatable bonds is 5. The lowest BCUT2D eigenvalue weighted by molar-refractivity contribution is -0.130. The molecule has 4 rings (SSSR count). The Balaban J connectivity index is 1.66. The Morgan fingerprint density at radius 2 is 1.84 bits per heavy atom. The van der Waals surface area contributed by atoms with Crippen LogP contribution in [-0.2, 0) is 16.9 Å². The second-order valence-electron chi connectivity index (χ2n) is 7.84. The summed E-state index contributed by atoms with van der Waals surface area (Å²) in [5, 5.41) is 3.54. The monoisotopic (exact) mass is 446 g/mol. The Labute approximate surface area is 191 Å². The molecule has 0 saturated heterocycles. The van der Waals surface area contributed by atoms with Gasteiger partial charge < -0.3 is 11.1 Å². The first-order chi connectivity index (χ1) is 15.3. The Morgan fingerprint density at radius 1 is 1.09 bits per heavy atom. The highest BCUT2D eigenvalue weighted by atomic mass is 35.5. The number of halogens is 1. The first-order valence-electron chi connectivity index (χ1n) is 10.2. The van der Waals surface area contributed by atoms with E-state index in [1.54, 1.807) is 32.2 Å². The van der Waals surface area contributed by atoms with E-state index >= 15 is 0 Å². The molecular weight excluding hydrogens is 424 g/mol. The van der Waals surface area contributed by atoms with Crippen molar-refractivity contribution < 1.29 is 9.59 Å². The van der Waals surface area contributed by atoms with Crippen LogP contribution in [0.15, 0.2) is 77.8 Å². The first kappa shape index (κ1) is 21.6. The van der Waals surface area contributed by atoms with Crippen molar-refractivity contribution >= 4 is 29.4 Å². The number of nitrogens with one attached hydrogen (secondary N) is 1. The van der Waals surface area contributed by atoms with Gasteiger partial charge in [0.15, 0.2) is 11.5 Å². The normalized spacial score (nSPS) is 17.9. The van der Waals surface area contributed by atoms with Crippen molar-refractivity contribution in [3.63, 3.8) is 0 Å². The molecule has 1 unspecified atom stereocenters. The van der Waals surface area contributed by atoms with Crippen molar-refractivity contribution in [3.05, 3.63) is 94.5 Å². The number of nitrogens with zero attached hydrogens (tertiary/aromatic N) is 2. The summed E-state index contributed by atoms with van der Waals surface area (Å²) in [5.74, 6) is -0.152. The van der Waals surface area contributed by atoms with Gasteiger partial charge in [0.05, 0.1) is 0 Å². The standard InChI is InChI=1S/C25H23ClN4O2/c1-25(23(32)30(2)24(27)29-25)19-10-6-9-17(13-19)21-14-20(26)12-11-18(21)15-28-22(31)16-7-4-3-5-8-16/h3-14H,15H2,1-2H3,(H2,27,29)(H,28,31). The smallest absolute Gasteiger partial charge is 0.261 e. The van der Waals surface area contributed by atoms with Crippen LogP contribution >= 0.6 is 11.6 Å². The lowest BCUT2D eigenvalue weighted by Gasteiger charge is -2.21. The van der Waals surface area contributed by atoms with E-state index in [1.165, 1.54) is 4.90 Å². The summed E-state index contributed by atoms with van der Waals surface area (Å²) in [7, 11) is 1.61. The highest BCUT2D eigenvalue weighted by Crippen LogP contribution is 2.35. The molecule has 0 spiro atoms. The summed E-state index contributed by atoms with van der Waals surface area (Å²) < 4.78 is 0. The van der Waals surface area contributed by atoms with Crippen molar-refractivity contribution in [3.8, 4) is 11.1 Å². The van der Waals surface area contributed by atoms with E-state index in [9.17, 15) is 9.59 Å². The van der Waals surface area contributed by atoms with Gasteiger partial charge in [-0.3, -0.25) is 14.5 Å². The third-order valence-corrected chi connectivity index (χ3v) is 5.92. The van der Waals surface area contributed by atoms with Crippen LogP contribution in [0.5, 0.6) is 0 Å². The van der Waals surface area contributed by atoms with Crippen LogP contribution < -0.4 is 11.1 Å². The van der Waals surface area contributed by atoms with Gasteiger partial charge in [-0.1, -0.05) is 54.1 Å². The van der Waals surface area contributed by atoms with Gasteiger partial charge in [-0.05, 0) is 59.5 Å². The van der Waals surface area contributed by atoms with Crippen LogP contribution in [0.25, 0.3) is 11.1 Å². The number of likely N-dealkylation sites (N-methyl/N-ethyl adjacent to an activating group) is 1. The molecule has 0 aromatic heterocycles. The predicted octanol–water partition coefficient (Wildman–Crippen LogP) is 3.94. The zero-order chi connectivity index (χ0) is 22.9. The maximum absolute atomic E-state index is 12.8. The van der Waals surface area contributed by atoms with Crippen LogP contribution in [0.2, 0.25) is 5.02 Å². The van der Waals surface area contributed by atoms with Gasteiger partial charge >= 0.3 is 0 Å². The highest BCUT2D eigenvalue weighted by Gasteiger charge is 2.43. The van der Waals surface area contributed by atoms with E-state index in [1.807, 2.05) is 54.6 Å². The topological polar surface area (TPSA) is 87.8 Å². The fourth-order valence-corrected chi connectivity index (χ4v) is 3.97. The predicted molar refractivity (Wildman–Crippen MR) is 126 cm³/mol. The minimum atomic E-state index is -1.09. The van der Waals surface area contributed by atoms with Crippen molar-refractivity contribution in [1.82, 2.24) is 10.2 Å². The van der Waals surface area contributed by atoms with E-state index in [-0.39, 0.29) is 17.8 Å². The molecule has 3 N–H and O–H groups in total. The van der Waals surface area contributed by atoms with Gasteiger partial charge in [0.2, 0.25) is 0 Å². The molecule has 0 fully saturated rings. The van der Waals surface area contributed by atoms with E-state index in [0.717, 1.165) is 22.3 Å². The van der Waals surface area contributed by atoms with E-state index in [0.29, 0.717) is 17.1 Å². The summed E-state index contributed by atoms with van der Waals surface area (Å²) in [5.41, 5.74) is 8.76. The van der Waals surface area contributed by atoms with Gasteiger partial charge in [0.1, 0.15) is 0 Å². The second-order valence-corrected chi connectivity index (χ2v) is 8.27. The molecular formula is C25H23ClN4O2. The molecule has 0 bridgehead atoms. The second kappa shape index (κ2) is 8.48. The molecule has 3 aromatic rings. The van der Waals surface area contributed by atoms with Gasteiger partial charge in [0, 0.05) is 24.2 Å². The van der Waals surface area contributed by atoms with E-state index < -0.39 is 5.54 Å². The Kier molecular flexibility index (Phi) is 5.72. The molecule has 6 nitrogen and oxygen atoms in total. The number of carbonyl (C=O) groups excluding carboxylic acids is 2. The minimum absolute atomic E-state index is 0.155. The first-order valence-corrected chi connectivity index (χ1v) is 10.5. The Morgan fingerprint density at radius 3 is 2.53 bits per heavy atom. The Hall–Kier alpha value is -3.64. The summed E-state index contributed by atoms with van der Waals surface area (Å²) in [6.45, 7) is 2.08. The third kappa shape index (κ3) is 3.97. The molecule has 1 aliphatic heterocycles. The minimum Gasteiger partial charge on any atom is -0.369 e. The largest absolute Gasteiger partial charge is 0.369 e. The lowest BCUT2D eigenvalue weighted by atomic mass is 9.89. The number of guanidine groups is 1. The number of amides is 2. The van der Waals surface area contributed by atoms with E-state index in [2.05, 4.69) is 10.3 Å². The average molecular weight is 447 g/mol. The van der Waals surface area contributed by atoms with Gasteiger partial charge in [0.25, 0.3) is 11.8 Å². The highest BCUT2D eigenvalue weighted by molar-refractivity contribution is 6.30. The van der Waals surface area contributed by atoms with Crippen molar-refractivity contribution in [1.29, 1.82) is 0 Å². The van der Waals surface area contributed by atoms with Gasteiger partial charge in [-0.15, -0.1) is 0 Å². The maximum Gasteiger partial charge on any atom is 0.261 e. The van der Waals surface area contributed by atoms with E-state index in [4.69, 9.17) is 17.3 Å². The molecule has 162 valence electrons. The number of hydrogen-bond donors (Lipinski definition) is 2. The number of benzene rings is 3. The molecule has 1 aliphatic rings. The average Bonchev–Trinajstić information content (AvgIpc) is 3.02. The van der Waals surface area contributed by atoms with Crippen LogP contribution in [0.1, 0.15) is 28.4 Å². The van der Waals surface area contributed by atoms with Crippen molar-refractivity contribution in [2.45, 2.75) is 19.0 Å². The SMILES string of the molecule is CN1C(=O)C(C)(c2cccc(-c3cc(Cl)ccc3CNC(=O)c3ccccc3)c2)N=C1N. The number of aliphatic imine (C=N–C) groups is 1. The fraction of sp³-hybridized carbons (Fsp3) is 0.160. The van der Waals surface area contributed by atoms with Crippen LogP contribution in [0, 0.1) is 0 Å². The quantitative estimate of drug-likeness (QED) is 0.622. The molecule has 2 amide bonds.